The first-order valence-electron chi connectivity index (χ1n) is 7.14. The average Bonchev–Trinajstić information content (AvgIpc) is 2.39. The lowest BCUT2D eigenvalue weighted by Crippen LogP contribution is -2.32. The maximum atomic E-state index is 11.5. The summed E-state index contributed by atoms with van der Waals surface area (Å²) in [5.74, 6) is 1.31. The van der Waals surface area contributed by atoms with Gasteiger partial charge in [0, 0.05) is 13.0 Å². The van der Waals surface area contributed by atoms with Crippen LogP contribution >= 0.6 is 11.8 Å². The Bertz CT molecular complexity index is 412. The SMILES string of the molecule is Cc1ccc(CCCSCC(=O)OCC2CCO2)cc1. The van der Waals surface area contributed by atoms with Crippen molar-refractivity contribution in [1.29, 1.82) is 0 Å². The fraction of sp³-hybridized carbons (Fsp3) is 0.562. The molecule has 0 N–H and O–H groups in total. The van der Waals surface area contributed by atoms with Crippen LogP contribution < -0.4 is 0 Å². The van der Waals surface area contributed by atoms with E-state index < -0.39 is 0 Å². The second-order valence-corrected chi connectivity index (χ2v) is 6.21. The number of hydrogen-bond donors (Lipinski definition) is 0. The molecule has 1 aromatic carbocycles. The summed E-state index contributed by atoms with van der Waals surface area (Å²) in [5.41, 5.74) is 2.65. The molecule has 0 radical (unpaired) electrons. The van der Waals surface area contributed by atoms with Gasteiger partial charge in [0.05, 0.1) is 11.9 Å². The molecule has 20 heavy (non-hydrogen) atoms. The second kappa shape index (κ2) is 8.32. The molecule has 0 saturated carbocycles. The minimum absolute atomic E-state index is 0.124. The molecule has 110 valence electrons. The van der Waals surface area contributed by atoms with Crippen molar-refractivity contribution in [1.82, 2.24) is 0 Å². The van der Waals surface area contributed by atoms with E-state index in [1.54, 1.807) is 11.8 Å². The summed E-state index contributed by atoms with van der Waals surface area (Å²) in [6.07, 6.45) is 3.31. The Morgan fingerprint density at radius 2 is 2.15 bits per heavy atom. The number of benzene rings is 1. The van der Waals surface area contributed by atoms with Crippen LogP contribution in [0.2, 0.25) is 0 Å². The highest BCUT2D eigenvalue weighted by molar-refractivity contribution is 7.99. The number of thioether (sulfide) groups is 1. The monoisotopic (exact) mass is 294 g/mol. The quantitative estimate of drug-likeness (QED) is 0.545. The Balaban J connectivity index is 1.48. The van der Waals surface area contributed by atoms with Crippen LogP contribution in [0.15, 0.2) is 24.3 Å². The molecule has 1 saturated heterocycles. The molecule has 0 aromatic heterocycles. The molecule has 0 spiro atoms. The van der Waals surface area contributed by atoms with E-state index in [2.05, 4.69) is 31.2 Å². The minimum Gasteiger partial charge on any atom is -0.462 e. The van der Waals surface area contributed by atoms with E-state index in [0.29, 0.717) is 12.4 Å². The number of ether oxygens (including phenoxy) is 2. The van der Waals surface area contributed by atoms with E-state index in [4.69, 9.17) is 9.47 Å². The molecule has 1 aliphatic rings. The van der Waals surface area contributed by atoms with Crippen LogP contribution in [0.1, 0.15) is 24.0 Å². The van der Waals surface area contributed by atoms with Gasteiger partial charge in [-0.3, -0.25) is 4.79 Å². The van der Waals surface area contributed by atoms with Crippen molar-refractivity contribution in [2.75, 3.05) is 24.7 Å². The summed E-state index contributed by atoms with van der Waals surface area (Å²) < 4.78 is 10.3. The minimum atomic E-state index is -0.124. The van der Waals surface area contributed by atoms with E-state index in [1.807, 2.05) is 0 Å². The van der Waals surface area contributed by atoms with Crippen LogP contribution in [0.3, 0.4) is 0 Å². The van der Waals surface area contributed by atoms with Gasteiger partial charge in [-0.15, -0.1) is 0 Å². The van der Waals surface area contributed by atoms with E-state index in [1.165, 1.54) is 11.1 Å². The Hall–Kier alpha value is -1.00. The molecule has 0 aliphatic carbocycles. The normalized spacial score (nSPS) is 17.6. The van der Waals surface area contributed by atoms with E-state index in [0.717, 1.165) is 31.6 Å². The van der Waals surface area contributed by atoms with Gasteiger partial charge in [0.2, 0.25) is 0 Å². The number of carbonyl (C=O) groups is 1. The number of aryl methyl sites for hydroxylation is 2. The van der Waals surface area contributed by atoms with Crippen molar-refractivity contribution in [2.45, 2.75) is 32.3 Å². The van der Waals surface area contributed by atoms with Crippen molar-refractivity contribution < 1.29 is 14.3 Å². The number of rotatable bonds is 8. The second-order valence-electron chi connectivity index (χ2n) is 5.11. The number of hydrogen-bond acceptors (Lipinski definition) is 4. The molecule has 0 bridgehead atoms. The fourth-order valence-electron chi connectivity index (χ4n) is 1.93. The standard InChI is InChI=1S/C16H22O3S/c1-13-4-6-14(7-5-13)3-2-10-20-12-16(17)19-11-15-8-9-18-15/h4-7,15H,2-3,8-12H2,1H3. The van der Waals surface area contributed by atoms with Crippen molar-refractivity contribution in [3.63, 3.8) is 0 Å². The van der Waals surface area contributed by atoms with Crippen LogP contribution in [0.5, 0.6) is 0 Å². The van der Waals surface area contributed by atoms with Gasteiger partial charge in [-0.05, 0) is 31.1 Å². The number of carbonyl (C=O) groups excluding carboxylic acids is 1. The summed E-state index contributed by atoms with van der Waals surface area (Å²) >= 11 is 1.65. The Labute approximate surface area is 125 Å². The van der Waals surface area contributed by atoms with E-state index in [9.17, 15) is 4.79 Å². The van der Waals surface area contributed by atoms with Crippen molar-refractivity contribution >= 4 is 17.7 Å². The first kappa shape index (κ1) is 15.4. The molecule has 2 rings (SSSR count). The summed E-state index contributed by atoms with van der Waals surface area (Å²) in [6.45, 7) is 3.32. The zero-order valence-corrected chi connectivity index (χ0v) is 12.8. The highest BCUT2D eigenvalue weighted by Gasteiger charge is 2.19. The molecular weight excluding hydrogens is 272 g/mol. The molecule has 4 heteroatoms. The molecule has 1 fully saturated rings. The van der Waals surface area contributed by atoms with Gasteiger partial charge in [-0.1, -0.05) is 29.8 Å². The van der Waals surface area contributed by atoms with Gasteiger partial charge in [0.15, 0.2) is 0 Å². The molecule has 3 nitrogen and oxygen atoms in total. The van der Waals surface area contributed by atoms with Crippen LogP contribution in [0.25, 0.3) is 0 Å². The van der Waals surface area contributed by atoms with Crippen LogP contribution in [0, 0.1) is 6.92 Å². The summed E-state index contributed by atoms with van der Waals surface area (Å²) in [4.78, 5) is 11.5. The molecule has 1 unspecified atom stereocenters. The molecule has 1 atom stereocenters. The van der Waals surface area contributed by atoms with Gasteiger partial charge in [-0.25, -0.2) is 0 Å². The van der Waals surface area contributed by atoms with Crippen molar-refractivity contribution in [3.8, 4) is 0 Å². The van der Waals surface area contributed by atoms with Gasteiger partial charge in [0.1, 0.15) is 6.61 Å². The zero-order chi connectivity index (χ0) is 14.2. The van der Waals surface area contributed by atoms with Crippen LogP contribution in [0.4, 0.5) is 0 Å². The van der Waals surface area contributed by atoms with Gasteiger partial charge in [0.25, 0.3) is 0 Å². The zero-order valence-electron chi connectivity index (χ0n) is 12.0. The molecule has 1 aromatic rings. The molecule has 0 amide bonds. The third-order valence-corrected chi connectivity index (χ3v) is 4.34. The molecule has 1 heterocycles. The van der Waals surface area contributed by atoms with Gasteiger partial charge < -0.3 is 9.47 Å². The van der Waals surface area contributed by atoms with E-state index in [-0.39, 0.29) is 12.1 Å². The maximum Gasteiger partial charge on any atom is 0.315 e. The van der Waals surface area contributed by atoms with E-state index >= 15 is 0 Å². The Morgan fingerprint density at radius 3 is 2.80 bits per heavy atom. The third-order valence-electron chi connectivity index (χ3n) is 3.32. The van der Waals surface area contributed by atoms with Crippen LogP contribution in [-0.2, 0) is 20.7 Å². The first-order valence-corrected chi connectivity index (χ1v) is 8.30. The number of esters is 1. The predicted molar refractivity (Wildman–Crippen MR) is 82.1 cm³/mol. The summed E-state index contributed by atoms with van der Waals surface area (Å²) in [6, 6.07) is 8.63. The summed E-state index contributed by atoms with van der Waals surface area (Å²) in [5, 5.41) is 0. The van der Waals surface area contributed by atoms with Gasteiger partial charge in [-0.2, -0.15) is 11.8 Å². The first-order chi connectivity index (χ1) is 9.74. The lowest BCUT2D eigenvalue weighted by molar-refractivity contribution is -0.151. The predicted octanol–water partition coefficient (Wildman–Crippen LogP) is 2.99. The topological polar surface area (TPSA) is 35.5 Å². The molecular formula is C16H22O3S. The van der Waals surface area contributed by atoms with Gasteiger partial charge >= 0.3 is 5.97 Å². The average molecular weight is 294 g/mol. The highest BCUT2D eigenvalue weighted by Crippen LogP contribution is 2.12. The third kappa shape index (κ3) is 5.55. The lowest BCUT2D eigenvalue weighted by atomic mass is 10.1. The molecule has 1 aliphatic heterocycles. The van der Waals surface area contributed by atoms with Crippen molar-refractivity contribution in [3.05, 3.63) is 35.4 Å². The fourth-order valence-corrected chi connectivity index (χ4v) is 2.67. The van der Waals surface area contributed by atoms with Crippen molar-refractivity contribution in [2.24, 2.45) is 0 Å². The lowest BCUT2D eigenvalue weighted by Gasteiger charge is -2.25. The Kier molecular flexibility index (Phi) is 6.40. The smallest absolute Gasteiger partial charge is 0.315 e. The largest absolute Gasteiger partial charge is 0.462 e. The Morgan fingerprint density at radius 1 is 1.40 bits per heavy atom. The summed E-state index contributed by atoms with van der Waals surface area (Å²) in [7, 11) is 0. The maximum absolute atomic E-state index is 11.5. The van der Waals surface area contributed by atoms with Crippen LogP contribution in [-0.4, -0.2) is 36.8 Å². The highest BCUT2D eigenvalue weighted by atomic mass is 32.2.